The van der Waals surface area contributed by atoms with Crippen molar-refractivity contribution in [3.05, 3.63) is 0 Å². The van der Waals surface area contributed by atoms with Gasteiger partial charge in [-0.15, -0.1) is 0 Å². The molecule has 0 aromatic rings. The third-order valence-electron chi connectivity index (χ3n) is 5.58. The van der Waals surface area contributed by atoms with E-state index in [0.29, 0.717) is 17.9 Å². The van der Waals surface area contributed by atoms with Crippen molar-refractivity contribution >= 4 is 5.91 Å². The molecule has 2 bridgehead atoms. The number of fused-ring (bicyclic) bond motifs is 2. The van der Waals surface area contributed by atoms with Gasteiger partial charge in [0.1, 0.15) is 0 Å². The molecule has 108 valence electrons. The Bertz CT molecular complexity index is 344. The van der Waals surface area contributed by atoms with Gasteiger partial charge in [0.05, 0.1) is 5.92 Å². The van der Waals surface area contributed by atoms with Crippen LogP contribution in [0, 0.1) is 17.8 Å². The summed E-state index contributed by atoms with van der Waals surface area (Å²) < 4.78 is 0. The lowest BCUT2D eigenvalue weighted by Gasteiger charge is -2.34. The number of rotatable bonds is 3. The van der Waals surface area contributed by atoms with Gasteiger partial charge in [0, 0.05) is 18.6 Å². The van der Waals surface area contributed by atoms with Crippen LogP contribution >= 0.6 is 0 Å². The third kappa shape index (κ3) is 2.52. The SMILES string of the molecule is CCN1CCCC(NC(=O)C2C3CCC(C3)C2N)C1. The van der Waals surface area contributed by atoms with Crippen LogP contribution in [0.3, 0.4) is 0 Å². The van der Waals surface area contributed by atoms with E-state index in [1.165, 1.54) is 32.2 Å². The first kappa shape index (κ1) is 13.4. The molecule has 1 amide bonds. The second-order valence-electron chi connectivity index (χ2n) is 6.68. The van der Waals surface area contributed by atoms with E-state index in [2.05, 4.69) is 17.1 Å². The summed E-state index contributed by atoms with van der Waals surface area (Å²) in [6, 6.07) is 0.456. The van der Waals surface area contributed by atoms with E-state index in [4.69, 9.17) is 5.73 Å². The molecule has 1 saturated heterocycles. The Hall–Kier alpha value is -0.610. The topological polar surface area (TPSA) is 58.4 Å². The van der Waals surface area contributed by atoms with Crippen molar-refractivity contribution in [3.63, 3.8) is 0 Å². The highest BCUT2D eigenvalue weighted by Gasteiger charge is 2.49. The smallest absolute Gasteiger partial charge is 0.225 e. The molecule has 4 nitrogen and oxygen atoms in total. The van der Waals surface area contributed by atoms with Crippen molar-refractivity contribution in [2.24, 2.45) is 23.5 Å². The van der Waals surface area contributed by atoms with E-state index >= 15 is 0 Å². The highest BCUT2D eigenvalue weighted by atomic mass is 16.2. The van der Waals surface area contributed by atoms with Gasteiger partial charge in [-0.25, -0.2) is 0 Å². The van der Waals surface area contributed by atoms with Gasteiger partial charge < -0.3 is 16.0 Å². The summed E-state index contributed by atoms with van der Waals surface area (Å²) in [5.41, 5.74) is 6.25. The Morgan fingerprint density at radius 2 is 2.11 bits per heavy atom. The van der Waals surface area contributed by atoms with Gasteiger partial charge in [-0.1, -0.05) is 6.92 Å². The summed E-state index contributed by atoms with van der Waals surface area (Å²) in [5.74, 6) is 1.50. The molecule has 5 unspecified atom stereocenters. The average Bonchev–Trinajstić information content (AvgIpc) is 2.99. The summed E-state index contributed by atoms with van der Waals surface area (Å²) in [4.78, 5) is 14.9. The van der Waals surface area contributed by atoms with Crippen LogP contribution in [0.5, 0.6) is 0 Å². The standard InChI is InChI=1S/C15H27N3O/c1-2-18-7-3-4-12(9-18)17-15(19)13-10-5-6-11(8-10)14(13)16/h10-14H,2-9,16H2,1H3,(H,17,19). The third-order valence-corrected chi connectivity index (χ3v) is 5.58. The van der Waals surface area contributed by atoms with E-state index < -0.39 is 0 Å². The highest BCUT2D eigenvalue weighted by Crippen LogP contribution is 2.47. The van der Waals surface area contributed by atoms with Crippen LogP contribution in [0.1, 0.15) is 39.0 Å². The summed E-state index contributed by atoms with van der Waals surface area (Å²) in [7, 11) is 0. The monoisotopic (exact) mass is 265 g/mol. The average molecular weight is 265 g/mol. The zero-order valence-electron chi connectivity index (χ0n) is 12.0. The van der Waals surface area contributed by atoms with E-state index in [0.717, 1.165) is 19.5 Å². The number of hydrogen-bond donors (Lipinski definition) is 2. The van der Waals surface area contributed by atoms with Crippen LogP contribution in [-0.4, -0.2) is 42.5 Å². The predicted molar refractivity (Wildman–Crippen MR) is 75.6 cm³/mol. The van der Waals surface area contributed by atoms with E-state index in [9.17, 15) is 4.79 Å². The molecule has 2 saturated carbocycles. The Morgan fingerprint density at radius 3 is 2.79 bits per heavy atom. The molecule has 0 aromatic carbocycles. The van der Waals surface area contributed by atoms with Crippen LogP contribution in [0.25, 0.3) is 0 Å². The number of nitrogens with two attached hydrogens (primary N) is 1. The van der Waals surface area contributed by atoms with Crippen LogP contribution in [-0.2, 0) is 4.79 Å². The minimum atomic E-state index is 0.0933. The minimum Gasteiger partial charge on any atom is -0.352 e. The number of nitrogens with zero attached hydrogens (tertiary/aromatic N) is 1. The molecule has 3 N–H and O–H groups in total. The lowest BCUT2D eigenvalue weighted by Crippen LogP contribution is -2.52. The fourth-order valence-electron chi connectivity index (χ4n) is 4.48. The number of carbonyl (C=O) groups excluding carboxylic acids is 1. The maximum atomic E-state index is 12.5. The largest absolute Gasteiger partial charge is 0.352 e. The quantitative estimate of drug-likeness (QED) is 0.799. The van der Waals surface area contributed by atoms with Gasteiger partial charge in [-0.05, 0) is 57.0 Å². The Balaban J connectivity index is 1.56. The van der Waals surface area contributed by atoms with Crippen molar-refractivity contribution in [2.75, 3.05) is 19.6 Å². The van der Waals surface area contributed by atoms with Gasteiger partial charge in [0.15, 0.2) is 0 Å². The Labute approximate surface area is 116 Å². The lowest BCUT2D eigenvalue weighted by atomic mass is 9.84. The second-order valence-corrected chi connectivity index (χ2v) is 6.68. The maximum absolute atomic E-state index is 12.5. The van der Waals surface area contributed by atoms with Gasteiger partial charge in [0.2, 0.25) is 5.91 Å². The summed E-state index contributed by atoms with van der Waals surface area (Å²) in [6.45, 7) is 5.46. The van der Waals surface area contributed by atoms with Crippen molar-refractivity contribution in [2.45, 2.75) is 51.1 Å². The minimum absolute atomic E-state index is 0.0933. The molecule has 3 rings (SSSR count). The highest BCUT2D eigenvalue weighted by molar-refractivity contribution is 5.80. The number of hydrogen-bond acceptors (Lipinski definition) is 3. The van der Waals surface area contributed by atoms with Crippen molar-refractivity contribution < 1.29 is 4.79 Å². The van der Waals surface area contributed by atoms with Crippen molar-refractivity contribution in [3.8, 4) is 0 Å². The van der Waals surface area contributed by atoms with Crippen LogP contribution in [0.2, 0.25) is 0 Å². The lowest BCUT2D eigenvalue weighted by molar-refractivity contribution is -0.128. The number of likely N-dealkylation sites (tertiary alicyclic amines) is 1. The van der Waals surface area contributed by atoms with Crippen LogP contribution in [0.15, 0.2) is 0 Å². The van der Waals surface area contributed by atoms with Crippen molar-refractivity contribution in [1.82, 2.24) is 10.2 Å². The molecule has 3 fully saturated rings. The number of carbonyl (C=O) groups is 1. The Morgan fingerprint density at radius 1 is 1.32 bits per heavy atom. The second kappa shape index (κ2) is 5.41. The molecular weight excluding hydrogens is 238 g/mol. The van der Waals surface area contributed by atoms with Gasteiger partial charge >= 0.3 is 0 Å². The molecule has 4 heteroatoms. The number of piperidine rings is 1. The van der Waals surface area contributed by atoms with Gasteiger partial charge in [-0.2, -0.15) is 0 Å². The molecule has 1 heterocycles. The molecule has 3 aliphatic rings. The van der Waals surface area contributed by atoms with Crippen LogP contribution < -0.4 is 11.1 Å². The summed E-state index contributed by atoms with van der Waals surface area (Å²) >= 11 is 0. The van der Waals surface area contributed by atoms with E-state index in [1.54, 1.807) is 0 Å². The zero-order chi connectivity index (χ0) is 13.4. The molecule has 1 aliphatic heterocycles. The van der Waals surface area contributed by atoms with Gasteiger partial charge in [0.25, 0.3) is 0 Å². The van der Waals surface area contributed by atoms with Crippen LogP contribution in [0.4, 0.5) is 0 Å². The first-order valence-corrected chi connectivity index (χ1v) is 7.97. The van der Waals surface area contributed by atoms with E-state index in [1.807, 2.05) is 0 Å². The number of likely N-dealkylation sites (N-methyl/N-ethyl adjacent to an activating group) is 1. The summed E-state index contributed by atoms with van der Waals surface area (Å²) in [6.07, 6.45) is 5.95. The van der Waals surface area contributed by atoms with Gasteiger partial charge in [-0.3, -0.25) is 4.79 Å². The molecule has 0 spiro atoms. The fourth-order valence-corrected chi connectivity index (χ4v) is 4.48. The van der Waals surface area contributed by atoms with Crippen molar-refractivity contribution in [1.29, 1.82) is 0 Å². The number of amides is 1. The van der Waals surface area contributed by atoms with E-state index in [-0.39, 0.29) is 17.9 Å². The molecule has 0 aromatic heterocycles. The molecule has 5 atom stereocenters. The summed E-state index contributed by atoms with van der Waals surface area (Å²) in [5, 5.41) is 3.28. The zero-order valence-corrected chi connectivity index (χ0v) is 12.0. The molecular formula is C15H27N3O. The number of nitrogens with one attached hydrogen (secondary N) is 1. The Kier molecular flexibility index (Phi) is 3.81. The first-order chi connectivity index (χ1) is 9.19. The molecule has 0 radical (unpaired) electrons. The molecule has 19 heavy (non-hydrogen) atoms. The normalized spacial score (nSPS) is 42.5. The predicted octanol–water partition coefficient (Wildman–Crippen LogP) is 0.960. The molecule has 2 aliphatic carbocycles. The maximum Gasteiger partial charge on any atom is 0.225 e. The first-order valence-electron chi connectivity index (χ1n) is 7.97. The fraction of sp³-hybridized carbons (Fsp3) is 0.933.